The summed E-state index contributed by atoms with van der Waals surface area (Å²) >= 11 is 0. The first-order valence-electron chi connectivity index (χ1n) is 9.50. The quantitative estimate of drug-likeness (QED) is 0.523. The van der Waals surface area contributed by atoms with Gasteiger partial charge in [-0.25, -0.2) is 9.98 Å². The molecule has 3 heterocycles. The Morgan fingerprint density at radius 3 is 2.77 bits per heavy atom. The summed E-state index contributed by atoms with van der Waals surface area (Å²) in [4.78, 5) is 21.8. The lowest BCUT2D eigenvalue weighted by Crippen LogP contribution is -2.22. The van der Waals surface area contributed by atoms with Gasteiger partial charge in [-0.2, -0.15) is 0 Å². The second-order valence-electron chi connectivity index (χ2n) is 7.01. The Kier molecular flexibility index (Phi) is 4.51. The molecule has 0 atom stereocenters. The van der Waals surface area contributed by atoms with Crippen molar-refractivity contribution in [2.45, 2.75) is 6.92 Å². The number of benzene rings is 2. The lowest BCUT2D eigenvalue weighted by Gasteiger charge is -2.07. The van der Waals surface area contributed by atoms with Crippen LogP contribution in [0, 0.1) is 6.92 Å². The van der Waals surface area contributed by atoms with Gasteiger partial charge in [0.25, 0.3) is 5.91 Å². The Bertz CT molecular complexity index is 1380. The summed E-state index contributed by atoms with van der Waals surface area (Å²) in [7, 11) is 0. The standard InChI is InChI=1S/C23H17N3O5/c1-13-2-7-21(24-11-13)26-22(28)17-8-14-3-5-16(27)10-19(14)31-23(17)25-15-4-6-18-20(9-15)30-12-29-18/h2-11,27H,12H2,1H3,(H,24,26,28). The van der Waals surface area contributed by atoms with Crippen molar-refractivity contribution in [3.05, 3.63) is 77.5 Å². The Labute approximate surface area is 176 Å². The highest BCUT2D eigenvalue weighted by Gasteiger charge is 2.16. The molecule has 0 bridgehead atoms. The lowest BCUT2D eigenvalue weighted by molar-refractivity contribution is 0.102. The normalized spacial score (nSPS) is 12.9. The van der Waals surface area contributed by atoms with Crippen molar-refractivity contribution in [2.24, 2.45) is 4.99 Å². The monoisotopic (exact) mass is 415 g/mol. The predicted octanol–water partition coefficient (Wildman–Crippen LogP) is 4.06. The fourth-order valence-electron chi connectivity index (χ4n) is 3.15. The van der Waals surface area contributed by atoms with Crippen LogP contribution in [0.15, 0.2) is 70.2 Å². The number of fused-ring (bicyclic) bond motifs is 2. The minimum absolute atomic E-state index is 0.0475. The summed E-state index contributed by atoms with van der Waals surface area (Å²) in [6.07, 6.45) is 1.67. The van der Waals surface area contributed by atoms with Crippen LogP contribution >= 0.6 is 0 Å². The molecule has 154 valence electrons. The van der Waals surface area contributed by atoms with Gasteiger partial charge in [0.15, 0.2) is 11.5 Å². The summed E-state index contributed by atoms with van der Waals surface area (Å²) in [5, 5.41) is 13.2. The summed E-state index contributed by atoms with van der Waals surface area (Å²) in [5.74, 6) is 1.23. The van der Waals surface area contributed by atoms with Crippen LogP contribution in [0.5, 0.6) is 17.2 Å². The average molecular weight is 415 g/mol. The number of aromatic nitrogens is 1. The van der Waals surface area contributed by atoms with Gasteiger partial charge in [-0.1, -0.05) is 6.07 Å². The SMILES string of the molecule is Cc1ccc(NC(=O)c2cc3ccc(O)cc3oc2=Nc2ccc3c(c2)OCO3)nc1. The Morgan fingerprint density at radius 2 is 1.94 bits per heavy atom. The molecular formula is C23H17N3O5. The van der Waals surface area contributed by atoms with Crippen LogP contribution in [0.3, 0.4) is 0 Å². The third-order valence-electron chi connectivity index (χ3n) is 4.72. The van der Waals surface area contributed by atoms with Gasteiger partial charge in [0, 0.05) is 23.7 Å². The lowest BCUT2D eigenvalue weighted by atomic mass is 10.1. The molecule has 4 aromatic rings. The highest BCUT2D eigenvalue weighted by atomic mass is 16.7. The molecule has 0 saturated carbocycles. The zero-order valence-electron chi connectivity index (χ0n) is 16.5. The number of ether oxygens (including phenoxy) is 2. The van der Waals surface area contributed by atoms with E-state index in [-0.39, 0.29) is 23.7 Å². The maximum absolute atomic E-state index is 13.0. The van der Waals surface area contributed by atoms with Crippen molar-refractivity contribution in [2.75, 3.05) is 12.1 Å². The van der Waals surface area contributed by atoms with E-state index < -0.39 is 5.91 Å². The molecule has 5 rings (SSSR count). The topological polar surface area (TPSA) is 106 Å². The number of nitrogens with one attached hydrogen (secondary N) is 1. The number of amides is 1. The molecule has 31 heavy (non-hydrogen) atoms. The number of phenolic OH excluding ortho intramolecular Hbond substituents is 1. The van der Waals surface area contributed by atoms with Gasteiger partial charge in [-0.05, 0) is 48.9 Å². The number of carbonyl (C=O) groups excluding carboxylic acids is 1. The van der Waals surface area contributed by atoms with Crippen LogP contribution in [0.4, 0.5) is 11.5 Å². The summed E-state index contributed by atoms with van der Waals surface area (Å²) in [6.45, 7) is 2.06. The van der Waals surface area contributed by atoms with E-state index in [1.165, 1.54) is 12.1 Å². The highest BCUT2D eigenvalue weighted by Crippen LogP contribution is 2.35. The molecule has 1 amide bonds. The van der Waals surface area contributed by atoms with Crippen molar-refractivity contribution in [3.63, 3.8) is 0 Å². The number of pyridine rings is 1. The van der Waals surface area contributed by atoms with E-state index in [2.05, 4.69) is 15.3 Å². The maximum Gasteiger partial charge on any atom is 0.262 e. The Hall–Kier alpha value is -4.33. The number of carbonyl (C=O) groups is 1. The van der Waals surface area contributed by atoms with E-state index in [0.29, 0.717) is 34.0 Å². The third-order valence-corrected chi connectivity index (χ3v) is 4.72. The molecule has 2 N–H and O–H groups in total. The zero-order valence-corrected chi connectivity index (χ0v) is 16.5. The predicted molar refractivity (Wildman–Crippen MR) is 113 cm³/mol. The maximum atomic E-state index is 13.0. The molecule has 8 heteroatoms. The third kappa shape index (κ3) is 3.78. The van der Waals surface area contributed by atoms with Crippen LogP contribution in [0.2, 0.25) is 0 Å². The first-order valence-corrected chi connectivity index (χ1v) is 9.50. The Balaban J connectivity index is 1.62. The number of nitrogens with zero attached hydrogens (tertiary/aromatic N) is 2. The van der Waals surface area contributed by atoms with E-state index in [1.54, 1.807) is 42.6 Å². The number of rotatable bonds is 3. The van der Waals surface area contributed by atoms with Crippen LogP contribution < -0.4 is 20.3 Å². The van der Waals surface area contributed by atoms with Gasteiger partial charge < -0.3 is 24.3 Å². The van der Waals surface area contributed by atoms with Gasteiger partial charge in [0.1, 0.15) is 22.7 Å². The fraction of sp³-hybridized carbons (Fsp3) is 0.0870. The van der Waals surface area contributed by atoms with E-state index in [0.717, 1.165) is 5.56 Å². The first-order chi connectivity index (χ1) is 15.0. The van der Waals surface area contributed by atoms with Crippen molar-refractivity contribution in [1.82, 2.24) is 4.98 Å². The summed E-state index contributed by atoms with van der Waals surface area (Å²) in [6, 6.07) is 15.1. The molecule has 0 unspecified atom stereocenters. The molecule has 2 aromatic heterocycles. The largest absolute Gasteiger partial charge is 0.508 e. The highest BCUT2D eigenvalue weighted by molar-refractivity contribution is 6.05. The average Bonchev–Trinajstić information content (AvgIpc) is 3.22. The smallest absolute Gasteiger partial charge is 0.262 e. The summed E-state index contributed by atoms with van der Waals surface area (Å²) in [5.41, 5.74) is 2.20. The molecule has 0 spiro atoms. The molecule has 0 radical (unpaired) electrons. The minimum atomic E-state index is -0.422. The number of hydrogen-bond donors (Lipinski definition) is 2. The van der Waals surface area contributed by atoms with Crippen LogP contribution in [0.1, 0.15) is 15.9 Å². The van der Waals surface area contributed by atoms with Gasteiger partial charge in [-0.3, -0.25) is 4.79 Å². The van der Waals surface area contributed by atoms with E-state index >= 15 is 0 Å². The van der Waals surface area contributed by atoms with E-state index in [4.69, 9.17) is 13.9 Å². The molecule has 2 aromatic carbocycles. The molecule has 0 saturated heterocycles. The van der Waals surface area contributed by atoms with Gasteiger partial charge in [-0.15, -0.1) is 0 Å². The van der Waals surface area contributed by atoms with Crippen molar-refractivity contribution < 1.29 is 23.8 Å². The van der Waals surface area contributed by atoms with Crippen molar-refractivity contribution >= 4 is 28.4 Å². The zero-order chi connectivity index (χ0) is 21.4. The second kappa shape index (κ2) is 7.49. The molecule has 1 aliphatic heterocycles. The van der Waals surface area contributed by atoms with Crippen LogP contribution in [-0.2, 0) is 0 Å². The summed E-state index contributed by atoms with van der Waals surface area (Å²) < 4.78 is 16.6. The van der Waals surface area contributed by atoms with E-state index in [1.807, 2.05) is 13.0 Å². The molecule has 1 aliphatic rings. The van der Waals surface area contributed by atoms with Gasteiger partial charge >= 0.3 is 0 Å². The number of aromatic hydroxyl groups is 1. The molecular weight excluding hydrogens is 398 g/mol. The fourth-order valence-corrected chi connectivity index (χ4v) is 3.15. The van der Waals surface area contributed by atoms with E-state index in [9.17, 15) is 9.90 Å². The second-order valence-corrected chi connectivity index (χ2v) is 7.01. The number of anilines is 1. The van der Waals surface area contributed by atoms with Gasteiger partial charge in [0.2, 0.25) is 12.3 Å². The molecule has 0 aliphatic carbocycles. The number of phenols is 1. The molecule has 8 nitrogen and oxygen atoms in total. The first kappa shape index (κ1) is 18.7. The van der Waals surface area contributed by atoms with Crippen molar-refractivity contribution in [3.8, 4) is 17.2 Å². The number of aryl methyl sites for hydroxylation is 1. The Morgan fingerprint density at radius 1 is 1.06 bits per heavy atom. The van der Waals surface area contributed by atoms with Crippen molar-refractivity contribution in [1.29, 1.82) is 0 Å². The van der Waals surface area contributed by atoms with Crippen LogP contribution in [0.25, 0.3) is 11.0 Å². The molecule has 0 fully saturated rings. The van der Waals surface area contributed by atoms with Gasteiger partial charge in [0.05, 0.1) is 5.69 Å². The van der Waals surface area contributed by atoms with Crippen LogP contribution in [-0.4, -0.2) is 22.8 Å². The number of hydrogen-bond acceptors (Lipinski definition) is 7. The minimum Gasteiger partial charge on any atom is -0.508 e.